The molecule has 0 radical (unpaired) electrons. The van der Waals surface area contributed by atoms with Crippen molar-refractivity contribution in [2.45, 2.75) is 19.3 Å². The molecule has 0 unspecified atom stereocenters. The molecule has 11 aromatic rings. The van der Waals surface area contributed by atoms with Crippen molar-refractivity contribution in [3.63, 3.8) is 0 Å². The molecule has 12 rings (SSSR count). The second-order valence-electron chi connectivity index (χ2n) is 17.7. The van der Waals surface area contributed by atoms with Crippen LogP contribution < -0.4 is 4.90 Å². The average Bonchev–Trinajstić information content (AvgIpc) is 3.59. The number of rotatable bonds is 7. The highest BCUT2D eigenvalue weighted by Crippen LogP contribution is 2.52. The quantitative estimate of drug-likeness (QED) is 0.145. The lowest BCUT2D eigenvalue weighted by Gasteiger charge is -2.28. The highest BCUT2D eigenvalue weighted by Gasteiger charge is 2.36. The first-order chi connectivity index (χ1) is 31.5. The smallest absolute Gasteiger partial charge is 0.0465 e. The third-order valence-corrected chi connectivity index (χ3v) is 13.6. The fourth-order valence-electron chi connectivity index (χ4n) is 10.4. The lowest BCUT2D eigenvalue weighted by molar-refractivity contribution is 0.660. The summed E-state index contributed by atoms with van der Waals surface area (Å²) in [6.45, 7) is 4.79. The normalized spacial score (nSPS) is 12.7. The zero-order valence-electron chi connectivity index (χ0n) is 36.0. The molecule has 1 heteroatoms. The van der Waals surface area contributed by atoms with Gasteiger partial charge in [-0.2, -0.15) is 0 Å². The highest BCUT2D eigenvalue weighted by atomic mass is 15.1. The Bertz CT molecular complexity index is 3460. The fourth-order valence-corrected chi connectivity index (χ4v) is 10.4. The molecule has 0 aromatic heterocycles. The Morgan fingerprint density at radius 3 is 1.17 bits per heavy atom. The van der Waals surface area contributed by atoms with Gasteiger partial charge in [0.15, 0.2) is 0 Å². The van der Waals surface area contributed by atoms with Gasteiger partial charge in [-0.1, -0.05) is 178 Å². The maximum atomic E-state index is 2.48. The number of hydrogen-bond acceptors (Lipinski definition) is 1. The van der Waals surface area contributed by atoms with Crippen molar-refractivity contribution in [2.75, 3.05) is 4.90 Å². The molecule has 1 aliphatic carbocycles. The molecule has 0 amide bonds. The van der Waals surface area contributed by atoms with E-state index in [2.05, 4.69) is 255 Å². The largest absolute Gasteiger partial charge is 0.310 e. The minimum absolute atomic E-state index is 0.211. The van der Waals surface area contributed by atoms with Gasteiger partial charge < -0.3 is 4.90 Å². The number of hydrogen-bond donors (Lipinski definition) is 0. The highest BCUT2D eigenvalue weighted by molar-refractivity contribution is 6.24. The first-order valence-electron chi connectivity index (χ1n) is 22.3. The lowest BCUT2D eigenvalue weighted by atomic mass is 9.81. The first-order valence-corrected chi connectivity index (χ1v) is 22.3. The number of anilines is 3. The summed E-state index contributed by atoms with van der Waals surface area (Å²) in [6.07, 6.45) is 0. The Hall–Kier alpha value is -8.00. The molecular formula is C63H45N. The second-order valence-corrected chi connectivity index (χ2v) is 17.7. The Morgan fingerprint density at radius 1 is 0.250 bits per heavy atom. The Kier molecular flexibility index (Phi) is 8.91. The molecule has 0 aliphatic heterocycles. The molecule has 0 saturated carbocycles. The van der Waals surface area contributed by atoms with E-state index in [4.69, 9.17) is 0 Å². The van der Waals surface area contributed by atoms with Crippen LogP contribution in [0.15, 0.2) is 237 Å². The molecule has 0 bridgehead atoms. The van der Waals surface area contributed by atoms with E-state index in [1.54, 1.807) is 0 Å². The topological polar surface area (TPSA) is 3.24 Å². The number of nitrogens with zero attached hydrogens (tertiary/aromatic N) is 1. The van der Waals surface area contributed by atoms with Crippen LogP contribution in [0.2, 0.25) is 0 Å². The first kappa shape index (κ1) is 37.7. The predicted octanol–water partition coefficient (Wildman–Crippen LogP) is 17.6. The van der Waals surface area contributed by atoms with Gasteiger partial charge in [-0.05, 0) is 172 Å². The van der Waals surface area contributed by atoms with Gasteiger partial charge in [0.1, 0.15) is 0 Å². The van der Waals surface area contributed by atoms with Gasteiger partial charge in [0, 0.05) is 22.5 Å². The summed E-state index contributed by atoms with van der Waals surface area (Å²) in [5.74, 6) is 0. The van der Waals surface area contributed by atoms with Crippen molar-refractivity contribution < 1.29 is 0 Å². The van der Waals surface area contributed by atoms with Gasteiger partial charge in [-0.3, -0.25) is 0 Å². The number of benzene rings is 11. The van der Waals surface area contributed by atoms with E-state index >= 15 is 0 Å². The Balaban J connectivity index is 1.01. The van der Waals surface area contributed by atoms with Crippen molar-refractivity contribution in [1.82, 2.24) is 0 Å². The van der Waals surface area contributed by atoms with Crippen LogP contribution in [0, 0.1) is 0 Å². The summed E-state index contributed by atoms with van der Waals surface area (Å²) in [5, 5.41) is 7.57. The third-order valence-electron chi connectivity index (χ3n) is 13.6. The van der Waals surface area contributed by atoms with Gasteiger partial charge in [0.05, 0.1) is 0 Å². The van der Waals surface area contributed by atoms with Crippen LogP contribution in [0.1, 0.15) is 25.0 Å². The van der Waals surface area contributed by atoms with Crippen LogP contribution in [-0.4, -0.2) is 0 Å². The molecular weight excluding hydrogens is 771 g/mol. The second kappa shape index (κ2) is 15.1. The molecule has 64 heavy (non-hydrogen) atoms. The van der Waals surface area contributed by atoms with Gasteiger partial charge in [0.2, 0.25) is 0 Å². The molecule has 0 spiro atoms. The molecule has 302 valence electrons. The van der Waals surface area contributed by atoms with Crippen molar-refractivity contribution >= 4 is 49.4 Å². The summed E-state index contributed by atoms with van der Waals surface area (Å²) in [5.41, 5.74) is 18.4. The van der Waals surface area contributed by atoms with E-state index < -0.39 is 0 Å². The zero-order valence-corrected chi connectivity index (χ0v) is 36.0. The number of para-hydroxylation sites is 2. The van der Waals surface area contributed by atoms with Gasteiger partial charge in [0.25, 0.3) is 0 Å². The van der Waals surface area contributed by atoms with Crippen molar-refractivity contribution in [2.24, 2.45) is 0 Å². The van der Waals surface area contributed by atoms with Crippen LogP contribution in [0.3, 0.4) is 0 Å². The van der Waals surface area contributed by atoms with E-state index in [1.807, 2.05) is 0 Å². The van der Waals surface area contributed by atoms with E-state index in [0.717, 1.165) is 17.1 Å². The lowest BCUT2D eigenvalue weighted by Crippen LogP contribution is -2.16. The predicted molar refractivity (Wildman–Crippen MR) is 273 cm³/mol. The summed E-state index contributed by atoms with van der Waals surface area (Å²) in [7, 11) is 0. The average molecular weight is 816 g/mol. The minimum atomic E-state index is -0.211. The molecule has 0 fully saturated rings. The fraction of sp³-hybridized carbons (Fsp3) is 0.0476. The van der Waals surface area contributed by atoms with Crippen LogP contribution in [0.4, 0.5) is 17.1 Å². The summed E-state index contributed by atoms with van der Waals surface area (Å²) < 4.78 is 0. The molecule has 0 heterocycles. The molecule has 0 saturated heterocycles. The maximum absolute atomic E-state index is 2.48. The van der Waals surface area contributed by atoms with Crippen LogP contribution in [0.5, 0.6) is 0 Å². The molecule has 1 aliphatic rings. The Morgan fingerprint density at radius 2 is 0.656 bits per heavy atom. The monoisotopic (exact) mass is 815 g/mol. The summed E-state index contributed by atoms with van der Waals surface area (Å²) in [4.78, 5) is 2.37. The van der Waals surface area contributed by atoms with Crippen LogP contribution in [-0.2, 0) is 5.41 Å². The zero-order chi connectivity index (χ0) is 42.8. The summed E-state index contributed by atoms with van der Waals surface area (Å²) >= 11 is 0. The number of fused-ring (bicyclic) bond motifs is 8. The SMILES string of the molecule is CC1(C)c2cc(-c3cc4c5ccccc5c(-c5cc(-c6ccccc6)cc(-c6ccccc6)c5)cc4c4ccccc34)ccc2-c2ccc(N(c3ccccc3)c3ccccc3)cc21. The van der Waals surface area contributed by atoms with Gasteiger partial charge >= 0.3 is 0 Å². The van der Waals surface area contributed by atoms with Crippen LogP contribution >= 0.6 is 0 Å². The van der Waals surface area contributed by atoms with E-state index in [9.17, 15) is 0 Å². The van der Waals surface area contributed by atoms with E-state index in [-0.39, 0.29) is 5.41 Å². The van der Waals surface area contributed by atoms with E-state index in [1.165, 1.54) is 99.1 Å². The molecule has 11 aromatic carbocycles. The van der Waals surface area contributed by atoms with Crippen molar-refractivity contribution in [1.29, 1.82) is 0 Å². The Labute approximate surface area is 375 Å². The van der Waals surface area contributed by atoms with Crippen LogP contribution in [0.25, 0.3) is 88.0 Å². The third kappa shape index (κ3) is 6.23. The van der Waals surface area contributed by atoms with Gasteiger partial charge in [-0.25, -0.2) is 0 Å². The van der Waals surface area contributed by atoms with Crippen molar-refractivity contribution in [3.05, 3.63) is 248 Å². The standard InChI is InChI=1S/C63H45N/c1-63(2)61-38-44(31-33-55(61)56-34-32-50(39-62(56)63)64(48-23-11-5-12-24-48)49-25-13-6-14-26-49)57-40-59-54-30-18-16-28-52(54)58(41-60(59)53-29-17-15-27-51(53)57)47-36-45(42-19-7-3-8-20-42)35-46(37-47)43-21-9-4-10-22-43/h3-41H,1-2H3. The maximum Gasteiger partial charge on any atom is 0.0465 e. The molecule has 0 N–H and O–H groups in total. The molecule has 0 atom stereocenters. The summed E-state index contributed by atoms with van der Waals surface area (Å²) in [6, 6.07) is 87.2. The molecule has 1 nitrogen and oxygen atoms in total. The van der Waals surface area contributed by atoms with Gasteiger partial charge in [-0.15, -0.1) is 0 Å². The van der Waals surface area contributed by atoms with Crippen molar-refractivity contribution in [3.8, 4) is 55.6 Å². The minimum Gasteiger partial charge on any atom is -0.310 e. The van der Waals surface area contributed by atoms with E-state index in [0.29, 0.717) is 0 Å².